The van der Waals surface area contributed by atoms with Crippen molar-refractivity contribution >= 4 is 17.9 Å². The van der Waals surface area contributed by atoms with Gasteiger partial charge in [0.1, 0.15) is 13.2 Å². The molecule has 0 saturated carbocycles. The molecule has 69 heavy (non-hydrogen) atoms. The van der Waals surface area contributed by atoms with E-state index in [9.17, 15) is 14.4 Å². The van der Waals surface area contributed by atoms with Crippen molar-refractivity contribution in [3.63, 3.8) is 0 Å². The highest BCUT2D eigenvalue weighted by Crippen LogP contribution is 2.18. The van der Waals surface area contributed by atoms with E-state index < -0.39 is 6.10 Å². The van der Waals surface area contributed by atoms with E-state index in [0.29, 0.717) is 19.3 Å². The van der Waals surface area contributed by atoms with Crippen LogP contribution in [0.3, 0.4) is 0 Å². The third-order valence-corrected chi connectivity index (χ3v) is 14.6. The second-order valence-corrected chi connectivity index (χ2v) is 21.7. The lowest BCUT2D eigenvalue weighted by atomic mass is 10.0. The predicted octanol–water partition coefficient (Wildman–Crippen LogP) is 21.1. The average Bonchev–Trinajstić information content (AvgIpc) is 3.35. The lowest BCUT2D eigenvalue weighted by Gasteiger charge is -2.18. The zero-order chi connectivity index (χ0) is 50.0. The fourth-order valence-corrected chi connectivity index (χ4v) is 9.86. The van der Waals surface area contributed by atoms with Crippen LogP contribution in [0.5, 0.6) is 0 Å². The zero-order valence-electron chi connectivity index (χ0n) is 47.1. The summed E-state index contributed by atoms with van der Waals surface area (Å²) in [5.41, 5.74) is 0. The predicted molar refractivity (Wildman–Crippen MR) is 298 cm³/mol. The molecule has 0 aromatic heterocycles. The molecule has 0 aliphatic carbocycles. The maximum Gasteiger partial charge on any atom is 0.306 e. The Morgan fingerprint density at radius 1 is 0.232 bits per heavy atom. The Balaban J connectivity index is 4.08. The van der Waals surface area contributed by atoms with E-state index >= 15 is 0 Å². The highest BCUT2D eigenvalue weighted by atomic mass is 16.6. The number of esters is 3. The van der Waals surface area contributed by atoms with Crippen molar-refractivity contribution in [3.8, 4) is 0 Å². The van der Waals surface area contributed by atoms with Gasteiger partial charge in [-0.15, -0.1) is 0 Å². The Bertz CT molecular complexity index is 1030. The molecule has 1 unspecified atom stereocenters. The first kappa shape index (κ1) is 67.4. The van der Waals surface area contributed by atoms with Crippen LogP contribution in [0.15, 0.2) is 0 Å². The Hall–Kier alpha value is -1.59. The van der Waals surface area contributed by atoms with Gasteiger partial charge in [-0.05, 0) is 19.3 Å². The maximum absolute atomic E-state index is 12.8. The second kappa shape index (κ2) is 59.0. The van der Waals surface area contributed by atoms with Gasteiger partial charge in [-0.3, -0.25) is 14.4 Å². The van der Waals surface area contributed by atoms with Crippen LogP contribution in [0, 0.1) is 0 Å². The minimum Gasteiger partial charge on any atom is -0.462 e. The van der Waals surface area contributed by atoms with E-state index in [0.717, 1.165) is 57.8 Å². The van der Waals surface area contributed by atoms with Crippen LogP contribution in [0.4, 0.5) is 0 Å². The van der Waals surface area contributed by atoms with Crippen LogP contribution in [-0.4, -0.2) is 37.2 Å². The van der Waals surface area contributed by atoms with Gasteiger partial charge in [-0.2, -0.15) is 0 Å². The van der Waals surface area contributed by atoms with E-state index in [-0.39, 0.29) is 31.1 Å². The first-order valence-electron chi connectivity index (χ1n) is 31.5. The van der Waals surface area contributed by atoms with E-state index in [1.54, 1.807) is 0 Å². The number of carbonyl (C=O) groups is 3. The number of ether oxygens (including phenoxy) is 3. The lowest BCUT2D eigenvalue weighted by Crippen LogP contribution is -2.30. The molecule has 0 amide bonds. The Labute approximate surface area is 431 Å². The molecule has 0 aromatic rings. The van der Waals surface area contributed by atoms with E-state index in [1.165, 1.54) is 270 Å². The van der Waals surface area contributed by atoms with Gasteiger partial charge in [-0.1, -0.05) is 329 Å². The Kier molecular flexibility index (Phi) is 57.6. The molecule has 0 heterocycles. The van der Waals surface area contributed by atoms with Gasteiger partial charge in [-0.25, -0.2) is 0 Å². The number of rotatable bonds is 59. The molecule has 6 nitrogen and oxygen atoms in total. The summed E-state index contributed by atoms with van der Waals surface area (Å²) in [5.74, 6) is -0.834. The van der Waals surface area contributed by atoms with Crippen molar-refractivity contribution in [2.45, 2.75) is 374 Å². The van der Waals surface area contributed by atoms with E-state index in [1.807, 2.05) is 0 Å². The van der Waals surface area contributed by atoms with Gasteiger partial charge in [0.05, 0.1) is 0 Å². The summed E-state index contributed by atoms with van der Waals surface area (Å²) in [5, 5.41) is 0. The number of hydrogen-bond acceptors (Lipinski definition) is 6. The van der Waals surface area contributed by atoms with Crippen LogP contribution in [0.2, 0.25) is 0 Å². The molecule has 410 valence electrons. The highest BCUT2D eigenvalue weighted by Gasteiger charge is 2.19. The largest absolute Gasteiger partial charge is 0.462 e. The molecule has 0 aliphatic rings. The van der Waals surface area contributed by atoms with Gasteiger partial charge < -0.3 is 14.2 Å². The topological polar surface area (TPSA) is 78.9 Å². The fraction of sp³-hybridized carbons (Fsp3) is 0.952. The smallest absolute Gasteiger partial charge is 0.306 e. The first-order valence-corrected chi connectivity index (χ1v) is 31.5. The summed E-state index contributed by atoms with van der Waals surface area (Å²) in [6.07, 6.45) is 67.0. The third-order valence-electron chi connectivity index (χ3n) is 14.6. The summed E-state index contributed by atoms with van der Waals surface area (Å²) < 4.78 is 16.9. The van der Waals surface area contributed by atoms with Crippen molar-refractivity contribution in [1.82, 2.24) is 0 Å². The van der Waals surface area contributed by atoms with Crippen molar-refractivity contribution in [1.29, 1.82) is 0 Å². The molecular formula is C63H122O6. The molecule has 0 radical (unpaired) electrons. The van der Waals surface area contributed by atoms with Gasteiger partial charge in [0.2, 0.25) is 0 Å². The minimum absolute atomic E-state index is 0.0612. The Morgan fingerprint density at radius 2 is 0.391 bits per heavy atom. The molecule has 0 N–H and O–H groups in total. The van der Waals surface area contributed by atoms with Crippen LogP contribution < -0.4 is 0 Å². The van der Waals surface area contributed by atoms with E-state index in [2.05, 4.69) is 20.8 Å². The third kappa shape index (κ3) is 57.2. The molecule has 0 spiro atoms. The van der Waals surface area contributed by atoms with Gasteiger partial charge >= 0.3 is 17.9 Å². The molecule has 0 aromatic carbocycles. The van der Waals surface area contributed by atoms with Gasteiger partial charge in [0, 0.05) is 19.3 Å². The number of unbranched alkanes of at least 4 members (excludes halogenated alkanes) is 48. The Morgan fingerprint density at radius 3 is 0.580 bits per heavy atom. The van der Waals surface area contributed by atoms with Crippen molar-refractivity contribution < 1.29 is 28.6 Å². The lowest BCUT2D eigenvalue weighted by molar-refractivity contribution is -0.167. The SMILES string of the molecule is CCCCCCCCCCCCCCCCCCCCCCCCCCCCC(=O)OCC(COC(=O)CCCCCCCCCCC)OC(=O)CCCCCCCCCCCCCCCCCC. The van der Waals surface area contributed by atoms with Crippen LogP contribution >= 0.6 is 0 Å². The molecule has 0 aliphatic heterocycles. The normalized spacial score (nSPS) is 11.9. The molecule has 0 rings (SSSR count). The highest BCUT2D eigenvalue weighted by molar-refractivity contribution is 5.71. The minimum atomic E-state index is -0.761. The second-order valence-electron chi connectivity index (χ2n) is 21.7. The molecule has 0 bridgehead atoms. The molecule has 1 atom stereocenters. The summed E-state index contributed by atoms with van der Waals surface area (Å²) in [4.78, 5) is 38.1. The monoisotopic (exact) mass is 975 g/mol. The molecule has 0 fully saturated rings. The molecule has 0 saturated heterocycles. The summed E-state index contributed by atoms with van der Waals surface area (Å²) in [6, 6.07) is 0. The fourth-order valence-electron chi connectivity index (χ4n) is 9.86. The van der Waals surface area contributed by atoms with Gasteiger partial charge in [0.15, 0.2) is 6.10 Å². The van der Waals surface area contributed by atoms with Crippen LogP contribution in [0.1, 0.15) is 367 Å². The zero-order valence-corrected chi connectivity index (χ0v) is 47.1. The van der Waals surface area contributed by atoms with Crippen molar-refractivity contribution in [2.75, 3.05) is 13.2 Å². The van der Waals surface area contributed by atoms with Crippen molar-refractivity contribution in [3.05, 3.63) is 0 Å². The van der Waals surface area contributed by atoms with Gasteiger partial charge in [0.25, 0.3) is 0 Å². The number of carbonyl (C=O) groups excluding carboxylic acids is 3. The number of hydrogen-bond donors (Lipinski definition) is 0. The summed E-state index contributed by atoms with van der Waals surface area (Å²) in [6.45, 7) is 6.70. The maximum atomic E-state index is 12.8. The van der Waals surface area contributed by atoms with Crippen molar-refractivity contribution in [2.24, 2.45) is 0 Å². The first-order chi connectivity index (χ1) is 34.0. The molecule has 6 heteroatoms. The van der Waals surface area contributed by atoms with Crippen LogP contribution in [0.25, 0.3) is 0 Å². The average molecular weight is 976 g/mol. The summed E-state index contributed by atoms with van der Waals surface area (Å²) in [7, 11) is 0. The quantitative estimate of drug-likeness (QED) is 0.0343. The summed E-state index contributed by atoms with van der Waals surface area (Å²) >= 11 is 0. The standard InChI is InChI=1S/C63H122O6/c1-4-7-10-13-16-19-21-23-25-27-28-29-30-31-32-33-34-35-36-38-39-41-44-47-50-53-56-62(65)68-59-60(58-67-61(64)55-52-49-46-43-18-15-12-9-6-3)69-63(66)57-54-51-48-45-42-40-37-26-24-22-20-17-14-11-8-5-2/h60H,4-59H2,1-3H3. The van der Waals surface area contributed by atoms with Crippen LogP contribution in [-0.2, 0) is 28.6 Å². The molecular weight excluding hydrogens is 853 g/mol. The van der Waals surface area contributed by atoms with E-state index in [4.69, 9.17) is 14.2 Å².